The molecule has 0 saturated heterocycles. The van der Waals surface area contributed by atoms with E-state index in [2.05, 4.69) is 10.3 Å². The minimum absolute atomic E-state index is 0.0307. The summed E-state index contributed by atoms with van der Waals surface area (Å²) in [5.41, 5.74) is 1.17. The summed E-state index contributed by atoms with van der Waals surface area (Å²) in [6.07, 6.45) is 0. The summed E-state index contributed by atoms with van der Waals surface area (Å²) in [4.78, 5) is 26.9. The Morgan fingerprint density at radius 1 is 1.16 bits per heavy atom. The predicted molar refractivity (Wildman–Crippen MR) is 98.6 cm³/mol. The Morgan fingerprint density at radius 2 is 1.92 bits per heavy atom. The average molecular weight is 394 g/mol. The summed E-state index contributed by atoms with van der Waals surface area (Å²) >= 11 is 13.1. The summed E-state index contributed by atoms with van der Waals surface area (Å²) in [5.74, 6) is -0.514. The Hall–Kier alpha value is -2.48. The number of anilines is 1. The number of carbonyl (C=O) groups is 1. The van der Waals surface area contributed by atoms with E-state index in [-0.39, 0.29) is 16.3 Å². The molecule has 0 aliphatic carbocycles. The molecule has 1 amide bonds. The molecule has 0 atom stereocenters. The molecule has 9 heteroatoms. The molecule has 2 aromatic carbocycles. The Bertz CT molecular complexity index is 975. The van der Waals surface area contributed by atoms with Gasteiger partial charge in [0, 0.05) is 27.6 Å². The second-order valence-corrected chi connectivity index (χ2v) is 6.57. The van der Waals surface area contributed by atoms with Crippen LogP contribution in [-0.2, 0) is 0 Å². The van der Waals surface area contributed by atoms with Crippen LogP contribution in [0.5, 0.6) is 0 Å². The summed E-state index contributed by atoms with van der Waals surface area (Å²) in [7, 11) is 0. The molecule has 0 spiro atoms. The first kappa shape index (κ1) is 17.3. The van der Waals surface area contributed by atoms with E-state index in [1.807, 2.05) is 18.2 Å². The number of nitro benzene ring substituents is 1. The molecule has 6 nitrogen and oxygen atoms in total. The SMILES string of the molecule is O=C(Nc1nc(-c2ccccc2Cl)cs1)c1ccc(Cl)c([N+](=O)[O-])c1. The minimum atomic E-state index is -0.641. The lowest BCUT2D eigenvalue weighted by Crippen LogP contribution is -2.12. The Morgan fingerprint density at radius 3 is 2.64 bits per heavy atom. The number of thiazole rings is 1. The Kier molecular flexibility index (Phi) is 4.98. The molecular formula is C16H9Cl2N3O3S. The number of aromatic nitrogens is 1. The third-order valence-corrected chi connectivity index (χ3v) is 4.69. The molecule has 0 radical (unpaired) electrons. The van der Waals surface area contributed by atoms with Gasteiger partial charge in [0.25, 0.3) is 11.6 Å². The quantitative estimate of drug-likeness (QED) is 0.482. The Labute approximate surface area is 156 Å². The van der Waals surface area contributed by atoms with Crippen LogP contribution in [0.15, 0.2) is 47.8 Å². The highest BCUT2D eigenvalue weighted by Crippen LogP contribution is 2.31. The molecule has 0 unspecified atom stereocenters. The number of amides is 1. The fraction of sp³-hybridized carbons (Fsp3) is 0. The fourth-order valence-electron chi connectivity index (χ4n) is 2.09. The van der Waals surface area contributed by atoms with Crippen molar-refractivity contribution < 1.29 is 9.72 Å². The van der Waals surface area contributed by atoms with E-state index in [0.717, 1.165) is 11.6 Å². The highest BCUT2D eigenvalue weighted by molar-refractivity contribution is 7.14. The van der Waals surface area contributed by atoms with Gasteiger partial charge in [-0.3, -0.25) is 20.2 Å². The maximum Gasteiger partial charge on any atom is 0.288 e. The molecule has 0 fully saturated rings. The van der Waals surface area contributed by atoms with Crippen molar-refractivity contribution in [3.05, 3.63) is 73.6 Å². The number of carbonyl (C=O) groups excluding carboxylic acids is 1. The molecule has 0 bridgehead atoms. The van der Waals surface area contributed by atoms with Gasteiger partial charge in [-0.2, -0.15) is 0 Å². The van der Waals surface area contributed by atoms with Crippen LogP contribution in [0.3, 0.4) is 0 Å². The van der Waals surface area contributed by atoms with Crippen molar-refractivity contribution in [2.45, 2.75) is 0 Å². The second kappa shape index (κ2) is 7.18. The summed E-state index contributed by atoms with van der Waals surface area (Å²) in [5, 5.41) is 16.2. The lowest BCUT2D eigenvalue weighted by molar-refractivity contribution is -0.384. The van der Waals surface area contributed by atoms with Gasteiger partial charge in [0.2, 0.25) is 0 Å². The van der Waals surface area contributed by atoms with Crippen LogP contribution in [0.1, 0.15) is 10.4 Å². The lowest BCUT2D eigenvalue weighted by Gasteiger charge is -2.03. The van der Waals surface area contributed by atoms with Crippen molar-refractivity contribution in [3.63, 3.8) is 0 Å². The van der Waals surface area contributed by atoms with Gasteiger partial charge in [0.1, 0.15) is 5.02 Å². The first-order valence-electron chi connectivity index (χ1n) is 6.91. The van der Waals surface area contributed by atoms with E-state index in [0.29, 0.717) is 15.8 Å². The van der Waals surface area contributed by atoms with Crippen LogP contribution in [0, 0.1) is 10.1 Å². The van der Waals surface area contributed by atoms with Crippen LogP contribution in [0.2, 0.25) is 10.0 Å². The van der Waals surface area contributed by atoms with Crippen LogP contribution >= 0.6 is 34.5 Å². The minimum Gasteiger partial charge on any atom is -0.298 e. The number of halogens is 2. The molecular weight excluding hydrogens is 385 g/mol. The van der Waals surface area contributed by atoms with Gasteiger partial charge < -0.3 is 0 Å². The van der Waals surface area contributed by atoms with Gasteiger partial charge in [0.15, 0.2) is 5.13 Å². The molecule has 0 aliphatic rings. The summed E-state index contributed by atoms with van der Waals surface area (Å²) in [6, 6.07) is 11.1. The van der Waals surface area contributed by atoms with Gasteiger partial charge in [-0.25, -0.2) is 4.98 Å². The van der Waals surface area contributed by atoms with Crippen molar-refractivity contribution in [2.75, 3.05) is 5.32 Å². The third-order valence-electron chi connectivity index (χ3n) is 3.28. The second-order valence-electron chi connectivity index (χ2n) is 4.90. The zero-order valence-electron chi connectivity index (χ0n) is 12.4. The van der Waals surface area contributed by atoms with Gasteiger partial charge in [-0.05, 0) is 18.2 Å². The van der Waals surface area contributed by atoms with Gasteiger partial charge in [0.05, 0.1) is 10.6 Å². The van der Waals surface area contributed by atoms with Gasteiger partial charge in [-0.1, -0.05) is 41.4 Å². The van der Waals surface area contributed by atoms with E-state index in [4.69, 9.17) is 23.2 Å². The van der Waals surface area contributed by atoms with Crippen LogP contribution < -0.4 is 5.32 Å². The van der Waals surface area contributed by atoms with Crippen LogP contribution in [0.4, 0.5) is 10.8 Å². The maximum absolute atomic E-state index is 12.3. The topological polar surface area (TPSA) is 85.1 Å². The molecule has 3 rings (SSSR count). The maximum atomic E-state index is 12.3. The standard InChI is InChI=1S/C16H9Cl2N3O3S/c17-11-4-2-1-3-10(11)13-8-25-16(19-13)20-15(22)9-5-6-12(18)14(7-9)21(23)24/h1-8H,(H,19,20,22). The number of nitrogens with zero attached hydrogens (tertiary/aromatic N) is 2. The largest absolute Gasteiger partial charge is 0.298 e. The highest BCUT2D eigenvalue weighted by atomic mass is 35.5. The first-order chi connectivity index (χ1) is 12.0. The monoisotopic (exact) mass is 393 g/mol. The molecule has 1 heterocycles. The van der Waals surface area contributed by atoms with Crippen molar-refractivity contribution in [3.8, 4) is 11.3 Å². The molecule has 0 saturated carbocycles. The zero-order chi connectivity index (χ0) is 18.0. The summed E-state index contributed by atoms with van der Waals surface area (Å²) in [6.45, 7) is 0. The third kappa shape index (κ3) is 3.79. The normalized spacial score (nSPS) is 10.5. The lowest BCUT2D eigenvalue weighted by atomic mass is 10.2. The van der Waals surface area contributed by atoms with E-state index < -0.39 is 10.8 Å². The number of rotatable bonds is 4. The van der Waals surface area contributed by atoms with Crippen LogP contribution in [0.25, 0.3) is 11.3 Å². The molecule has 126 valence electrons. The number of hydrogen-bond donors (Lipinski definition) is 1. The van der Waals surface area contributed by atoms with E-state index in [1.54, 1.807) is 11.4 Å². The Balaban J connectivity index is 1.82. The number of nitrogens with one attached hydrogen (secondary N) is 1. The zero-order valence-corrected chi connectivity index (χ0v) is 14.7. The highest BCUT2D eigenvalue weighted by Gasteiger charge is 2.17. The van der Waals surface area contributed by atoms with Gasteiger partial charge >= 0.3 is 0 Å². The molecule has 0 aliphatic heterocycles. The first-order valence-corrected chi connectivity index (χ1v) is 8.55. The van der Waals surface area contributed by atoms with E-state index in [9.17, 15) is 14.9 Å². The number of nitro groups is 1. The average Bonchev–Trinajstić information content (AvgIpc) is 3.03. The molecule has 1 N–H and O–H groups in total. The van der Waals surface area contributed by atoms with Crippen molar-refractivity contribution in [1.29, 1.82) is 0 Å². The van der Waals surface area contributed by atoms with E-state index in [1.165, 1.54) is 23.5 Å². The molecule has 3 aromatic rings. The van der Waals surface area contributed by atoms with Crippen LogP contribution in [-0.4, -0.2) is 15.8 Å². The summed E-state index contributed by atoms with van der Waals surface area (Å²) < 4.78 is 0. The van der Waals surface area contributed by atoms with E-state index >= 15 is 0 Å². The predicted octanol–water partition coefficient (Wildman–Crippen LogP) is 5.28. The number of hydrogen-bond acceptors (Lipinski definition) is 5. The molecule has 25 heavy (non-hydrogen) atoms. The molecule has 1 aromatic heterocycles. The smallest absolute Gasteiger partial charge is 0.288 e. The van der Waals surface area contributed by atoms with Gasteiger partial charge in [-0.15, -0.1) is 11.3 Å². The van der Waals surface area contributed by atoms with Crippen molar-refractivity contribution in [2.24, 2.45) is 0 Å². The van der Waals surface area contributed by atoms with Crippen molar-refractivity contribution >= 4 is 51.3 Å². The number of benzene rings is 2. The fourth-order valence-corrected chi connectivity index (χ4v) is 3.21. The van der Waals surface area contributed by atoms with Crippen molar-refractivity contribution in [1.82, 2.24) is 4.98 Å².